The first-order valence-electron chi connectivity index (χ1n) is 8.85. The lowest BCUT2D eigenvalue weighted by molar-refractivity contribution is -0.105. The van der Waals surface area contributed by atoms with Crippen LogP contribution < -0.4 is 11.1 Å². The molecule has 6 heteroatoms. The zero-order chi connectivity index (χ0) is 18.6. The Hall–Kier alpha value is -0.850. The van der Waals surface area contributed by atoms with E-state index in [0.29, 0.717) is 32.4 Å². The fourth-order valence-electron chi connectivity index (χ4n) is 4.58. The van der Waals surface area contributed by atoms with Crippen molar-refractivity contribution in [2.24, 2.45) is 5.73 Å². The van der Waals surface area contributed by atoms with Gasteiger partial charge in [0, 0.05) is 24.2 Å². The van der Waals surface area contributed by atoms with Crippen molar-refractivity contribution in [3.05, 3.63) is 0 Å². The molecule has 2 heterocycles. The Balaban J connectivity index is 2.18. The number of likely N-dealkylation sites (tertiary alicyclic amines) is 1. The third-order valence-corrected chi connectivity index (χ3v) is 5.02. The lowest BCUT2D eigenvalue weighted by atomic mass is 9.64. The second-order valence-electron chi connectivity index (χ2n) is 10.1. The number of hydrogen-bond acceptors (Lipinski definition) is 5. The quantitative estimate of drug-likeness (QED) is 0.679. The van der Waals surface area contributed by atoms with Crippen molar-refractivity contribution < 1.29 is 14.6 Å². The summed E-state index contributed by atoms with van der Waals surface area (Å²) in [5.74, 6) is 0. The molecule has 0 saturated carbocycles. The maximum absolute atomic E-state index is 12.3. The van der Waals surface area contributed by atoms with Gasteiger partial charge in [0.05, 0.1) is 11.1 Å². The molecule has 0 aromatic carbocycles. The first-order valence-corrected chi connectivity index (χ1v) is 8.85. The Morgan fingerprint density at radius 3 is 2.12 bits per heavy atom. The van der Waals surface area contributed by atoms with Gasteiger partial charge >= 0.3 is 6.09 Å². The van der Waals surface area contributed by atoms with Gasteiger partial charge in [0.1, 0.15) is 5.60 Å². The summed E-state index contributed by atoms with van der Waals surface area (Å²) in [4.78, 5) is 14.0. The maximum Gasteiger partial charge on any atom is 0.410 e. The van der Waals surface area contributed by atoms with E-state index in [4.69, 9.17) is 10.5 Å². The van der Waals surface area contributed by atoms with Gasteiger partial charge in [-0.3, -0.25) is 0 Å². The molecule has 140 valence electrons. The van der Waals surface area contributed by atoms with Crippen molar-refractivity contribution in [3.8, 4) is 0 Å². The molecule has 2 saturated heterocycles. The minimum atomic E-state index is -1.03. The average Bonchev–Trinajstić information content (AvgIpc) is 2.66. The van der Waals surface area contributed by atoms with Gasteiger partial charge in [0.25, 0.3) is 0 Å². The van der Waals surface area contributed by atoms with Gasteiger partial charge in [-0.2, -0.15) is 0 Å². The Morgan fingerprint density at radius 2 is 1.67 bits per heavy atom. The Labute approximate surface area is 146 Å². The lowest BCUT2D eigenvalue weighted by Gasteiger charge is -2.56. The number of nitrogens with two attached hydrogens (primary N) is 1. The van der Waals surface area contributed by atoms with Crippen LogP contribution in [-0.4, -0.2) is 57.0 Å². The SMILES string of the molecule is CC1(C)CC(O)(C2(N)CCN(C(=O)OC(C)(C)C)C2)CC(C)(C)N1. The number of aliphatic hydroxyl groups is 1. The number of carbonyl (C=O) groups excluding carboxylic acids is 1. The highest BCUT2D eigenvalue weighted by Gasteiger charge is 2.58. The number of amides is 1. The molecule has 1 amide bonds. The van der Waals surface area contributed by atoms with Gasteiger partial charge in [-0.05, 0) is 67.7 Å². The van der Waals surface area contributed by atoms with E-state index >= 15 is 0 Å². The lowest BCUT2D eigenvalue weighted by Crippen LogP contribution is -2.73. The van der Waals surface area contributed by atoms with Crippen molar-refractivity contribution in [1.82, 2.24) is 10.2 Å². The molecule has 0 aromatic heterocycles. The first kappa shape index (κ1) is 19.5. The molecule has 2 aliphatic heterocycles. The van der Waals surface area contributed by atoms with Crippen molar-refractivity contribution in [3.63, 3.8) is 0 Å². The number of nitrogens with zero attached hydrogens (tertiary/aromatic N) is 1. The van der Waals surface area contributed by atoms with Crippen LogP contribution in [0.3, 0.4) is 0 Å². The van der Waals surface area contributed by atoms with Gasteiger partial charge in [-0.25, -0.2) is 4.79 Å². The van der Waals surface area contributed by atoms with E-state index in [9.17, 15) is 9.90 Å². The number of carbonyl (C=O) groups is 1. The predicted molar refractivity (Wildman–Crippen MR) is 94.8 cm³/mol. The van der Waals surface area contributed by atoms with Crippen LogP contribution in [-0.2, 0) is 4.74 Å². The van der Waals surface area contributed by atoms with Crippen LogP contribution in [0, 0.1) is 0 Å². The Morgan fingerprint density at radius 1 is 1.17 bits per heavy atom. The average molecular weight is 341 g/mol. The van der Waals surface area contributed by atoms with Crippen molar-refractivity contribution >= 4 is 6.09 Å². The molecule has 1 atom stereocenters. The first-order chi connectivity index (χ1) is 10.6. The highest BCUT2D eigenvalue weighted by Crippen LogP contribution is 2.44. The molecular weight excluding hydrogens is 306 g/mol. The standard InChI is InChI=1S/C18H35N3O3/c1-14(2,3)24-13(22)21-9-8-17(19,12-21)18(23)10-15(4,5)20-16(6,7)11-18/h20,23H,8-12,19H2,1-7H3. The molecule has 2 aliphatic rings. The number of hydrogen-bond donors (Lipinski definition) is 3. The zero-order valence-electron chi connectivity index (χ0n) is 16.3. The van der Waals surface area contributed by atoms with Crippen LogP contribution in [0.25, 0.3) is 0 Å². The normalized spacial score (nSPS) is 31.8. The van der Waals surface area contributed by atoms with Gasteiger partial charge in [-0.15, -0.1) is 0 Å². The number of nitrogens with one attached hydrogen (secondary N) is 1. The maximum atomic E-state index is 12.3. The smallest absolute Gasteiger partial charge is 0.410 e. The molecule has 4 N–H and O–H groups in total. The molecule has 24 heavy (non-hydrogen) atoms. The van der Waals surface area contributed by atoms with Crippen LogP contribution in [0.4, 0.5) is 4.79 Å². The molecule has 2 rings (SSSR count). The molecule has 2 fully saturated rings. The molecule has 0 radical (unpaired) electrons. The summed E-state index contributed by atoms with van der Waals surface area (Å²) < 4.78 is 5.45. The third-order valence-electron chi connectivity index (χ3n) is 5.02. The minimum Gasteiger partial charge on any atom is -0.444 e. The largest absolute Gasteiger partial charge is 0.444 e. The van der Waals surface area contributed by atoms with E-state index in [2.05, 4.69) is 33.0 Å². The second-order valence-corrected chi connectivity index (χ2v) is 10.1. The van der Waals surface area contributed by atoms with Crippen molar-refractivity contribution in [2.45, 2.75) is 95.5 Å². The summed E-state index contributed by atoms with van der Waals surface area (Å²) in [5, 5.41) is 15.1. The van der Waals surface area contributed by atoms with Crippen LogP contribution in [0.2, 0.25) is 0 Å². The van der Waals surface area contributed by atoms with E-state index in [1.807, 2.05) is 20.8 Å². The van der Waals surface area contributed by atoms with Gasteiger partial charge < -0.3 is 25.8 Å². The topological polar surface area (TPSA) is 87.8 Å². The molecular formula is C18H35N3O3. The number of piperidine rings is 1. The highest BCUT2D eigenvalue weighted by atomic mass is 16.6. The number of rotatable bonds is 1. The summed E-state index contributed by atoms with van der Waals surface area (Å²) in [6, 6.07) is 0. The van der Waals surface area contributed by atoms with Gasteiger partial charge in [0.2, 0.25) is 0 Å². The minimum absolute atomic E-state index is 0.220. The summed E-state index contributed by atoms with van der Waals surface area (Å²) in [6.45, 7) is 14.7. The van der Waals surface area contributed by atoms with Crippen LogP contribution in [0.1, 0.15) is 67.7 Å². The summed E-state index contributed by atoms with van der Waals surface area (Å²) >= 11 is 0. The molecule has 0 spiro atoms. The highest BCUT2D eigenvalue weighted by molar-refractivity contribution is 5.68. The van der Waals surface area contributed by atoms with Crippen molar-refractivity contribution in [1.29, 1.82) is 0 Å². The van der Waals surface area contributed by atoms with Gasteiger partial charge in [0.15, 0.2) is 0 Å². The zero-order valence-corrected chi connectivity index (χ0v) is 16.3. The van der Waals surface area contributed by atoms with E-state index in [-0.39, 0.29) is 17.2 Å². The summed E-state index contributed by atoms with van der Waals surface area (Å²) in [5.41, 5.74) is 3.86. The fraction of sp³-hybridized carbons (Fsp3) is 0.944. The van der Waals surface area contributed by atoms with E-state index in [0.717, 1.165) is 0 Å². The Bertz CT molecular complexity index is 494. The van der Waals surface area contributed by atoms with Crippen LogP contribution in [0.5, 0.6) is 0 Å². The Kier molecular flexibility index (Phi) is 4.53. The van der Waals surface area contributed by atoms with Crippen LogP contribution in [0.15, 0.2) is 0 Å². The summed E-state index contributed by atoms with van der Waals surface area (Å²) in [6.07, 6.45) is 1.34. The summed E-state index contributed by atoms with van der Waals surface area (Å²) in [7, 11) is 0. The van der Waals surface area contributed by atoms with Crippen molar-refractivity contribution in [2.75, 3.05) is 13.1 Å². The molecule has 6 nitrogen and oxygen atoms in total. The molecule has 0 aromatic rings. The predicted octanol–water partition coefficient (Wildman–Crippen LogP) is 2.00. The fourth-order valence-corrected chi connectivity index (χ4v) is 4.58. The van der Waals surface area contributed by atoms with Crippen LogP contribution >= 0.6 is 0 Å². The monoisotopic (exact) mass is 341 g/mol. The van der Waals surface area contributed by atoms with Gasteiger partial charge in [-0.1, -0.05) is 0 Å². The van der Waals surface area contributed by atoms with E-state index in [1.165, 1.54) is 0 Å². The third kappa shape index (κ3) is 4.03. The van der Waals surface area contributed by atoms with E-state index < -0.39 is 16.7 Å². The molecule has 0 aliphatic carbocycles. The molecule has 1 unspecified atom stereocenters. The molecule has 0 bridgehead atoms. The van der Waals surface area contributed by atoms with E-state index in [1.54, 1.807) is 4.90 Å². The number of ether oxygens (including phenoxy) is 1. The second kappa shape index (κ2) is 5.58.